The van der Waals surface area contributed by atoms with Crippen LogP contribution in [0.25, 0.3) is 0 Å². The van der Waals surface area contributed by atoms with E-state index in [9.17, 15) is 9.59 Å². The van der Waals surface area contributed by atoms with Gasteiger partial charge in [-0.15, -0.1) is 0 Å². The smallest absolute Gasteiger partial charge is 0.410 e. The van der Waals surface area contributed by atoms with E-state index in [2.05, 4.69) is 5.32 Å². The topological polar surface area (TPSA) is 71.1 Å². The lowest BCUT2D eigenvalue weighted by atomic mass is 9.86. The van der Waals surface area contributed by atoms with Crippen LogP contribution in [0.4, 0.5) is 9.59 Å². The molecule has 1 aromatic rings. The molecule has 1 atom stereocenters. The minimum Gasteiger partial charge on any atom is -0.445 e. The second-order valence-electron chi connectivity index (χ2n) is 8.60. The van der Waals surface area contributed by atoms with E-state index in [0.29, 0.717) is 32.7 Å². The number of ether oxygens (including phenoxy) is 2. The third kappa shape index (κ3) is 4.95. The Labute approximate surface area is 167 Å². The lowest BCUT2D eigenvalue weighted by Crippen LogP contribution is -2.69. The van der Waals surface area contributed by atoms with Gasteiger partial charge in [0.05, 0.1) is 5.54 Å². The minimum absolute atomic E-state index is 0.245. The van der Waals surface area contributed by atoms with E-state index in [1.54, 1.807) is 4.90 Å². The number of piperidine rings is 1. The van der Waals surface area contributed by atoms with Gasteiger partial charge in [0.2, 0.25) is 0 Å². The highest BCUT2D eigenvalue weighted by atomic mass is 16.6. The Hall–Kier alpha value is -2.28. The third-order valence-electron chi connectivity index (χ3n) is 5.17. The molecule has 1 aromatic carbocycles. The molecule has 0 aromatic heterocycles. The zero-order valence-corrected chi connectivity index (χ0v) is 17.1. The van der Waals surface area contributed by atoms with E-state index >= 15 is 0 Å². The fraction of sp³-hybridized carbons (Fsp3) is 0.619. The first-order valence-corrected chi connectivity index (χ1v) is 9.96. The van der Waals surface area contributed by atoms with Crippen LogP contribution in [0.2, 0.25) is 0 Å². The summed E-state index contributed by atoms with van der Waals surface area (Å²) in [6.45, 7) is 8.85. The molecule has 1 N–H and O–H groups in total. The Bertz CT molecular complexity index is 685. The highest BCUT2D eigenvalue weighted by Crippen LogP contribution is 2.30. The van der Waals surface area contributed by atoms with Crippen molar-refractivity contribution in [3.63, 3.8) is 0 Å². The summed E-state index contributed by atoms with van der Waals surface area (Å²) in [6, 6.07) is 9.66. The van der Waals surface area contributed by atoms with Gasteiger partial charge >= 0.3 is 12.2 Å². The Kier molecular flexibility index (Phi) is 6.13. The maximum atomic E-state index is 12.9. The summed E-state index contributed by atoms with van der Waals surface area (Å²) in [4.78, 5) is 29.0. The van der Waals surface area contributed by atoms with Gasteiger partial charge in [0.15, 0.2) is 0 Å². The summed E-state index contributed by atoms with van der Waals surface area (Å²) in [6.07, 6.45) is 1.01. The first-order valence-electron chi connectivity index (χ1n) is 9.96. The second kappa shape index (κ2) is 8.39. The molecule has 2 saturated heterocycles. The molecule has 7 nitrogen and oxygen atoms in total. The number of amides is 2. The number of nitrogens with zero attached hydrogens (tertiary/aromatic N) is 2. The normalized spacial score (nSPS) is 22.8. The predicted octanol–water partition coefficient (Wildman–Crippen LogP) is 3.00. The fourth-order valence-corrected chi connectivity index (χ4v) is 3.89. The first-order chi connectivity index (χ1) is 13.3. The summed E-state index contributed by atoms with van der Waals surface area (Å²) in [7, 11) is 0. The Balaban J connectivity index is 1.68. The van der Waals surface area contributed by atoms with Crippen LogP contribution < -0.4 is 5.32 Å². The summed E-state index contributed by atoms with van der Waals surface area (Å²) in [5, 5.41) is 3.38. The van der Waals surface area contributed by atoms with Crippen LogP contribution in [0.15, 0.2) is 30.3 Å². The molecule has 2 amide bonds. The van der Waals surface area contributed by atoms with Crippen LogP contribution in [-0.2, 0) is 16.1 Å². The quantitative estimate of drug-likeness (QED) is 0.842. The van der Waals surface area contributed by atoms with Gasteiger partial charge in [-0.05, 0) is 39.2 Å². The zero-order valence-electron chi connectivity index (χ0n) is 17.1. The van der Waals surface area contributed by atoms with Gasteiger partial charge in [-0.25, -0.2) is 9.59 Å². The van der Waals surface area contributed by atoms with Gasteiger partial charge in [-0.1, -0.05) is 30.3 Å². The maximum Gasteiger partial charge on any atom is 0.410 e. The van der Waals surface area contributed by atoms with Crippen LogP contribution in [0.5, 0.6) is 0 Å². The summed E-state index contributed by atoms with van der Waals surface area (Å²) >= 11 is 0. The number of carbonyl (C=O) groups is 2. The summed E-state index contributed by atoms with van der Waals surface area (Å²) in [5.74, 6) is 0. The number of benzene rings is 1. The lowest BCUT2D eigenvalue weighted by molar-refractivity contribution is -0.0256. The Morgan fingerprint density at radius 3 is 2.61 bits per heavy atom. The molecule has 2 aliphatic heterocycles. The van der Waals surface area contributed by atoms with Gasteiger partial charge in [-0.2, -0.15) is 0 Å². The van der Waals surface area contributed by atoms with Crippen molar-refractivity contribution in [2.45, 2.75) is 51.4 Å². The molecule has 154 valence electrons. The average molecular weight is 389 g/mol. The molecule has 0 radical (unpaired) electrons. The number of nitrogens with one attached hydrogen (secondary N) is 1. The van der Waals surface area contributed by atoms with Crippen molar-refractivity contribution in [3.05, 3.63) is 35.9 Å². The molecule has 2 aliphatic rings. The number of rotatable bonds is 2. The summed E-state index contributed by atoms with van der Waals surface area (Å²) in [5.41, 5.74) is -0.0406. The molecule has 7 heteroatoms. The minimum atomic E-state index is -0.541. The molecule has 2 heterocycles. The number of hydrogen-bond donors (Lipinski definition) is 1. The Morgan fingerprint density at radius 2 is 1.89 bits per heavy atom. The molecule has 1 spiro atoms. The van der Waals surface area contributed by atoms with Crippen molar-refractivity contribution >= 4 is 12.2 Å². The molecule has 3 rings (SSSR count). The Morgan fingerprint density at radius 1 is 1.14 bits per heavy atom. The van der Waals surface area contributed by atoms with Crippen molar-refractivity contribution in [1.29, 1.82) is 0 Å². The van der Waals surface area contributed by atoms with Crippen molar-refractivity contribution < 1.29 is 19.1 Å². The van der Waals surface area contributed by atoms with Gasteiger partial charge < -0.3 is 19.7 Å². The highest BCUT2D eigenvalue weighted by Gasteiger charge is 2.46. The number of piperazine rings is 1. The number of hydrogen-bond acceptors (Lipinski definition) is 5. The van der Waals surface area contributed by atoms with E-state index in [1.165, 1.54) is 0 Å². The van der Waals surface area contributed by atoms with E-state index in [-0.39, 0.29) is 18.8 Å². The zero-order chi connectivity index (χ0) is 20.2. The number of carbonyl (C=O) groups excluding carboxylic acids is 2. The van der Waals surface area contributed by atoms with Crippen molar-refractivity contribution in [2.24, 2.45) is 0 Å². The SMILES string of the molecule is CC(C)(C)OC(=O)N1CCCC2(CNCCN2C(=O)OCc2ccccc2)C1. The third-order valence-corrected chi connectivity index (χ3v) is 5.17. The van der Waals surface area contributed by atoms with Crippen LogP contribution in [0.1, 0.15) is 39.2 Å². The first kappa shape index (κ1) is 20.5. The summed E-state index contributed by atoms with van der Waals surface area (Å²) < 4.78 is 11.1. The van der Waals surface area contributed by atoms with Crippen LogP contribution in [-0.4, -0.2) is 65.9 Å². The molecule has 0 aliphatic carbocycles. The molecule has 0 bridgehead atoms. The molecule has 0 saturated carbocycles. The van der Waals surface area contributed by atoms with Gasteiger partial charge in [0.25, 0.3) is 0 Å². The predicted molar refractivity (Wildman–Crippen MR) is 106 cm³/mol. The standard InChI is InChI=1S/C21H31N3O4/c1-20(2,3)28-18(25)23-12-7-10-21(16-23)15-22-11-13-24(21)19(26)27-14-17-8-5-4-6-9-17/h4-6,8-9,22H,7,10-16H2,1-3H3. The van der Waals surface area contributed by atoms with Crippen LogP contribution in [0.3, 0.4) is 0 Å². The maximum absolute atomic E-state index is 12.9. The van der Waals surface area contributed by atoms with E-state index in [4.69, 9.17) is 9.47 Å². The lowest BCUT2D eigenvalue weighted by Gasteiger charge is -2.51. The van der Waals surface area contributed by atoms with Gasteiger partial charge in [0.1, 0.15) is 12.2 Å². The van der Waals surface area contributed by atoms with E-state index in [1.807, 2.05) is 56.0 Å². The van der Waals surface area contributed by atoms with Crippen molar-refractivity contribution in [1.82, 2.24) is 15.1 Å². The molecule has 2 fully saturated rings. The average Bonchev–Trinajstić information content (AvgIpc) is 2.66. The largest absolute Gasteiger partial charge is 0.445 e. The van der Waals surface area contributed by atoms with Gasteiger partial charge in [-0.3, -0.25) is 4.90 Å². The molecule has 28 heavy (non-hydrogen) atoms. The van der Waals surface area contributed by atoms with Crippen LogP contribution >= 0.6 is 0 Å². The van der Waals surface area contributed by atoms with Crippen molar-refractivity contribution in [2.75, 3.05) is 32.7 Å². The van der Waals surface area contributed by atoms with E-state index < -0.39 is 11.1 Å². The van der Waals surface area contributed by atoms with Crippen molar-refractivity contribution in [3.8, 4) is 0 Å². The molecular weight excluding hydrogens is 358 g/mol. The highest BCUT2D eigenvalue weighted by molar-refractivity contribution is 5.71. The number of likely N-dealkylation sites (tertiary alicyclic amines) is 1. The monoisotopic (exact) mass is 389 g/mol. The second-order valence-corrected chi connectivity index (χ2v) is 8.60. The molecule has 1 unspecified atom stereocenters. The molecular formula is C21H31N3O4. The fourth-order valence-electron chi connectivity index (χ4n) is 3.89. The van der Waals surface area contributed by atoms with Crippen LogP contribution in [0, 0.1) is 0 Å². The van der Waals surface area contributed by atoms with E-state index in [0.717, 1.165) is 18.4 Å². The van der Waals surface area contributed by atoms with Gasteiger partial charge in [0, 0.05) is 32.7 Å².